The van der Waals surface area contributed by atoms with E-state index in [1.807, 2.05) is 12.1 Å². The highest BCUT2D eigenvalue weighted by atomic mass is 35.5. The van der Waals surface area contributed by atoms with E-state index < -0.39 is 0 Å². The third-order valence-electron chi connectivity index (χ3n) is 4.24. The molecule has 0 bridgehead atoms. The van der Waals surface area contributed by atoms with Crippen LogP contribution in [-0.2, 0) is 9.59 Å². The summed E-state index contributed by atoms with van der Waals surface area (Å²) in [6.07, 6.45) is 3.86. The summed E-state index contributed by atoms with van der Waals surface area (Å²) in [7, 11) is 0. The number of carbonyl (C=O) groups excluding carboxylic acids is 2. The molecular weight excluding hydrogens is 302 g/mol. The summed E-state index contributed by atoms with van der Waals surface area (Å²) in [5.41, 5.74) is 5.05. The molecule has 2 aliphatic rings. The molecule has 0 atom stereocenters. The van der Waals surface area contributed by atoms with Gasteiger partial charge in [-0.2, -0.15) is 5.01 Å². The van der Waals surface area contributed by atoms with E-state index in [0.717, 1.165) is 36.6 Å². The van der Waals surface area contributed by atoms with Crippen LogP contribution in [0.3, 0.4) is 0 Å². The van der Waals surface area contributed by atoms with Crippen molar-refractivity contribution in [2.75, 3.05) is 18.5 Å². The number of amides is 2. The molecule has 2 heterocycles. The van der Waals surface area contributed by atoms with Crippen LogP contribution in [0.4, 0.5) is 5.69 Å². The van der Waals surface area contributed by atoms with Gasteiger partial charge in [-0.15, -0.1) is 12.4 Å². The van der Waals surface area contributed by atoms with Crippen LogP contribution in [0.2, 0.25) is 0 Å². The van der Waals surface area contributed by atoms with Crippen molar-refractivity contribution in [1.82, 2.24) is 10.3 Å². The minimum atomic E-state index is -0.145. The predicted molar refractivity (Wildman–Crippen MR) is 87.9 cm³/mol. The molecule has 2 N–H and O–H groups in total. The van der Waals surface area contributed by atoms with Crippen LogP contribution in [0.25, 0.3) is 0 Å². The van der Waals surface area contributed by atoms with Gasteiger partial charge in [-0.25, -0.2) is 0 Å². The first-order valence-corrected chi connectivity index (χ1v) is 7.67. The molecule has 0 aliphatic carbocycles. The number of piperidine rings is 2. The second kappa shape index (κ2) is 7.61. The maximum Gasteiger partial charge on any atom is 0.248 e. The fraction of sp³-hybridized carbons (Fsp3) is 0.500. The van der Waals surface area contributed by atoms with Gasteiger partial charge in [0.05, 0.1) is 5.69 Å². The van der Waals surface area contributed by atoms with E-state index >= 15 is 0 Å². The molecule has 0 unspecified atom stereocenters. The highest BCUT2D eigenvalue weighted by Gasteiger charge is 2.26. The number of nitrogens with one attached hydrogen (secondary N) is 2. The zero-order chi connectivity index (χ0) is 14.7. The van der Waals surface area contributed by atoms with Crippen molar-refractivity contribution in [2.24, 2.45) is 0 Å². The van der Waals surface area contributed by atoms with Crippen molar-refractivity contribution in [3.05, 3.63) is 29.8 Å². The zero-order valence-corrected chi connectivity index (χ0v) is 13.3. The van der Waals surface area contributed by atoms with Crippen molar-refractivity contribution >= 4 is 29.9 Å². The highest BCUT2D eigenvalue weighted by Crippen LogP contribution is 2.26. The molecule has 5 nitrogen and oxygen atoms in total. The quantitative estimate of drug-likeness (QED) is 0.839. The van der Waals surface area contributed by atoms with E-state index in [1.54, 1.807) is 0 Å². The summed E-state index contributed by atoms with van der Waals surface area (Å²) in [6.45, 7) is 2.14. The van der Waals surface area contributed by atoms with Gasteiger partial charge >= 0.3 is 0 Å². The topological polar surface area (TPSA) is 61.4 Å². The molecule has 3 rings (SSSR count). The molecule has 2 saturated heterocycles. The number of hydrogen-bond acceptors (Lipinski definition) is 4. The van der Waals surface area contributed by atoms with Crippen LogP contribution in [0.15, 0.2) is 24.3 Å². The minimum Gasteiger partial charge on any atom is -0.317 e. The molecule has 2 amide bonds. The molecule has 0 aromatic heterocycles. The lowest BCUT2D eigenvalue weighted by Crippen LogP contribution is -2.44. The maximum absolute atomic E-state index is 11.8. The van der Waals surface area contributed by atoms with Crippen LogP contribution in [0.5, 0.6) is 0 Å². The summed E-state index contributed by atoms with van der Waals surface area (Å²) < 4.78 is 0. The van der Waals surface area contributed by atoms with Crippen LogP contribution in [0.1, 0.15) is 43.6 Å². The van der Waals surface area contributed by atoms with Gasteiger partial charge in [-0.05, 0) is 56.0 Å². The molecule has 1 aromatic rings. The van der Waals surface area contributed by atoms with Crippen molar-refractivity contribution in [3.8, 4) is 0 Å². The van der Waals surface area contributed by atoms with Crippen LogP contribution >= 0.6 is 12.4 Å². The smallest absolute Gasteiger partial charge is 0.248 e. The monoisotopic (exact) mass is 323 g/mol. The Morgan fingerprint density at radius 1 is 1.00 bits per heavy atom. The van der Waals surface area contributed by atoms with Gasteiger partial charge in [-0.3, -0.25) is 15.0 Å². The first-order chi connectivity index (χ1) is 10.2. The number of benzene rings is 1. The number of hydrogen-bond donors (Lipinski definition) is 2. The average Bonchev–Trinajstić information content (AvgIpc) is 2.53. The lowest BCUT2D eigenvalue weighted by molar-refractivity contribution is -0.146. The van der Waals surface area contributed by atoms with E-state index in [0.29, 0.717) is 25.2 Å². The number of halogens is 1. The van der Waals surface area contributed by atoms with Crippen molar-refractivity contribution in [2.45, 2.75) is 38.0 Å². The molecule has 0 saturated carbocycles. The van der Waals surface area contributed by atoms with Crippen LogP contribution in [-0.4, -0.2) is 29.9 Å². The fourth-order valence-electron chi connectivity index (χ4n) is 2.99. The maximum atomic E-state index is 11.8. The van der Waals surface area contributed by atoms with Crippen molar-refractivity contribution in [3.63, 3.8) is 0 Å². The lowest BCUT2D eigenvalue weighted by Gasteiger charge is -2.26. The molecule has 0 radical (unpaired) electrons. The average molecular weight is 324 g/mol. The first kappa shape index (κ1) is 16.8. The van der Waals surface area contributed by atoms with Crippen LogP contribution < -0.4 is 10.7 Å². The molecule has 0 spiro atoms. The van der Waals surface area contributed by atoms with E-state index in [1.165, 1.54) is 5.56 Å². The molecule has 2 aliphatic heterocycles. The van der Waals surface area contributed by atoms with E-state index in [2.05, 4.69) is 22.9 Å². The Hall–Kier alpha value is -1.59. The SMILES string of the molecule is Cl.O=C1CCCC(=O)N1Nc1ccc(C2CCNCC2)cc1. The minimum absolute atomic E-state index is 0. The van der Waals surface area contributed by atoms with Gasteiger partial charge in [0.25, 0.3) is 0 Å². The Morgan fingerprint density at radius 2 is 1.59 bits per heavy atom. The summed E-state index contributed by atoms with van der Waals surface area (Å²) in [4.78, 5) is 23.5. The second-order valence-corrected chi connectivity index (χ2v) is 5.73. The Kier molecular flexibility index (Phi) is 5.80. The number of anilines is 1. The Bertz CT molecular complexity index is 511. The van der Waals surface area contributed by atoms with Crippen molar-refractivity contribution in [1.29, 1.82) is 0 Å². The summed E-state index contributed by atoms with van der Waals surface area (Å²) in [5, 5.41) is 4.52. The van der Waals surface area contributed by atoms with Crippen LogP contribution in [0, 0.1) is 0 Å². The Morgan fingerprint density at radius 3 is 2.18 bits per heavy atom. The normalized spacial score (nSPS) is 19.7. The standard InChI is InChI=1S/C16H21N3O2.ClH/c20-15-2-1-3-16(21)19(15)18-14-6-4-12(5-7-14)13-8-10-17-11-9-13;/h4-7,13,17-18H,1-3,8-11H2;1H. The van der Waals surface area contributed by atoms with Gasteiger partial charge in [0.2, 0.25) is 11.8 Å². The third kappa shape index (κ3) is 3.78. The lowest BCUT2D eigenvalue weighted by atomic mass is 9.90. The Balaban J connectivity index is 0.00000176. The predicted octanol–water partition coefficient (Wildman–Crippen LogP) is 2.44. The molecule has 22 heavy (non-hydrogen) atoms. The zero-order valence-electron chi connectivity index (χ0n) is 12.5. The van der Waals surface area contributed by atoms with Crippen molar-refractivity contribution < 1.29 is 9.59 Å². The van der Waals surface area contributed by atoms with Gasteiger partial charge in [0.15, 0.2) is 0 Å². The summed E-state index contributed by atoms with van der Waals surface area (Å²) >= 11 is 0. The van der Waals surface area contributed by atoms with E-state index in [4.69, 9.17) is 0 Å². The van der Waals surface area contributed by atoms with Gasteiger partial charge in [0, 0.05) is 12.8 Å². The molecule has 6 heteroatoms. The van der Waals surface area contributed by atoms with E-state index in [-0.39, 0.29) is 24.2 Å². The number of nitrogens with zero attached hydrogens (tertiary/aromatic N) is 1. The van der Waals surface area contributed by atoms with E-state index in [9.17, 15) is 9.59 Å². The number of imide groups is 1. The fourth-order valence-corrected chi connectivity index (χ4v) is 2.99. The second-order valence-electron chi connectivity index (χ2n) is 5.73. The molecule has 120 valence electrons. The molecule has 1 aromatic carbocycles. The van der Waals surface area contributed by atoms with Gasteiger partial charge in [0.1, 0.15) is 0 Å². The Labute approximate surface area is 136 Å². The molecular formula is C16H22ClN3O2. The summed E-state index contributed by atoms with van der Waals surface area (Å²) in [5.74, 6) is 0.320. The van der Waals surface area contributed by atoms with Gasteiger partial charge in [-0.1, -0.05) is 12.1 Å². The number of rotatable bonds is 3. The first-order valence-electron chi connectivity index (χ1n) is 7.67. The number of carbonyl (C=O) groups is 2. The summed E-state index contributed by atoms with van der Waals surface area (Å²) in [6, 6.07) is 8.09. The number of hydrazine groups is 1. The van der Waals surface area contributed by atoms with Gasteiger partial charge < -0.3 is 5.32 Å². The third-order valence-corrected chi connectivity index (χ3v) is 4.24. The largest absolute Gasteiger partial charge is 0.317 e. The molecule has 2 fully saturated rings. The highest BCUT2D eigenvalue weighted by molar-refractivity contribution is 5.98.